The molecular formula is C31H47FN2O5. The van der Waals surface area contributed by atoms with E-state index in [-0.39, 0.29) is 30.0 Å². The standard InChI is InChI=1S/C31H47FN2O5/c1-20(2)23(16-22-8-13-29(38-6)30(17-22)39-15-7-14-37-5)18-27(33)28(35)19-26(21(3)4)31(36)34-25-11-9-24(32)10-12-25/h8-13,17,20-21,23,26-28,35H,7,14-16,18-19,33H2,1-6H3,(H,34,36). The quantitative estimate of drug-likeness (QED) is 0.228. The number of carbonyl (C=O) groups is 1. The maximum absolute atomic E-state index is 13.2. The smallest absolute Gasteiger partial charge is 0.227 e. The second-order valence-corrected chi connectivity index (χ2v) is 10.9. The van der Waals surface area contributed by atoms with Crippen molar-refractivity contribution in [3.63, 3.8) is 0 Å². The van der Waals surface area contributed by atoms with Crippen molar-refractivity contribution in [1.82, 2.24) is 0 Å². The molecule has 218 valence electrons. The summed E-state index contributed by atoms with van der Waals surface area (Å²) in [5.74, 6) is 0.916. The summed E-state index contributed by atoms with van der Waals surface area (Å²) in [4.78, 5) is 13.0. The van der Waals surface area contributed by atoms with E-state index < -0.39 is 18.1 Å². The Labute approximate surface area is 233 Å². The first-order chi connectivity index (χ1) is 18.5. The summed E-state index contributed by atoms with van der Waals surface area (Å²) in [5.41, 5.74) is 8.15. The Kier molecular flexibility index (Phi) is 13.7. The van der Waals surface area contributed by atoms with Crippen LogP contribution in [0.2, 0.25) is 0 Å². The Bertz CT molecular complexity index is 999. The molecule has 39 heavy (non-hydrogen) atoms. The van der Waals surface area contributed by atoms with E-state index in [2.05, 4.69) is 19.2 Å². The predicted molar refractivity (Wildman–Crippen MR) is 154 cm³/mol. The summed E-state index contributed by atoms with van der Waals surface area (Å²) in [6, 6.07) is 11.1. The Balaban J connectivity index is 2.04. The molecule has 4 atom stereocenters. The van der Waals surface area contributed by atoms with Gasteiger partial charge in [0.25, 0.3) is 0 Å². The first-order valence-electron chi connectivity index (χ1n) is 13.8. The number of halogens is 1. The third-order valence-electron chi connectivity index (χ3n) is 7.24. The number of hydrogen-bond donors (Lipinski definition) is 3. The van der Waals surface area contributed by atoms with Crippen LogP contribution >= 0.6 is 0 Å². The molecular weight excluding hydrogens is 499 g/mol. The molecule has 0 spiro atoms. The second-order valence-electron chi connectivity index (χ2n) is 10.9. The minimum atomic E-state index is -0.840. The van der Waals surface area contributed by atoms with Crippen molar-refractivity contribution >= 4 is 11.6 Å². The van der Waals surface area contributed by atoms with Gasteiger partial charge in [0.15, 0.2) is 11.5 Å². The minimum Gasteiger partial charge on any atom is -0.493 e. The molecule has 0 radical (unpaired) electrons. The SMILES string of the molecule is COCCCOc1cc(CC(CC(N)C(O)CC(C(=O)Nc2ccc(F)cc2)C(C)C)C(C)C)ccc1OC. The number of ether oxygens (including phenoxy) is 3. The van der Waals surface area contributed by atoms with Crippen molar-refractivity contribution < 1.29 is 28.5 Å². The van der Waals surface area contributed by atoms with Crippen LogP contribution in [0.4, 0.5) is 10.1 Å². The Morgan fingerprint density at radius 3 is 2.26 bits per heavy atom. The van der Waals surface area contributed by atoms with E-state index in [0.717, 1.165) is 18.4 Å². The van der Waals surface area contributed by atoms with Crippen molar-refractivity contribution in [3.05, 3.63) is 53.8 Å². The summed E-state index contributed by atoms with van der Waals surface area (Å²) in [7, 11) is 3.29. The van der Waals surface area contributed by atoms with Crippen molar-refractivity contribution in [3.8, 4) is 11.5 Å². The number of carbonyl (C=O) groups excluding carboxylic acids is 1. The van der Waals surface area contributed by atoms with E-state index in [1.165, 1.54) is 24.3 Å². The highest BCUT2D eigenvalue weighted by molar-refractivity contribution is 5.92. The lowest BCUT2D eigenvalue weighted by Gasteiger charge is -2.30. The molecule has 0 heterocycles. The molecule has 0 bridgehead atoms. The van der Waals surface area contributed by atoms with Crippen LogP contribution in [0.25, 0.3) is 0 Å². The first kappa shape index (κ1) is 32.5. The highest BCUT2D eigenvalue weighted by Gasteiger charge is 2.30. The largest absolute Gasteiger partial charge is 0.493 e. The number of anilines is 1. The molecule has 2 rings (SSSR count). The van der Waals surface area contributed by atoms with E-state index in [9.17, 15) is 14.3 Å². The third-order valence-corrected chi connectivity index (χ3v) is 7.24. The van der Waals surface area contributed by atoms with E-state index >= 15 is 0 Å². The van der Waals surface area contributed by atoms with Crippen LogP contribution in [0.5, 0.6) is 11.5 Å². The van der Waals surface area contributed by atoms with Gasteiger partial charge in [-0.2, -0.15) is 0 Å². The lowest BCUT2D eigenvalue weighted by molar-refractivity contribution is -0.122. The Hall–Kier alpha value is -2.68. The van der Waals surface area contributed by atoms with Gasteiger partial charge >= 0.3 is 0 Å². The van der Waals surface area contributed by atoms with E-state index in [0.29, 0.717) is 42.7 Å². The molecule has 4 unspecified atom stereocenters. The van der Waals surface area contributed by atoms with Crippen LogP contribution in [0.3, 0.4) is 0 Å². The van der Waals surface area contributed by atoms with Crippen LogP contribution < -0.4 is 20.5 Å². The molecule has 4 N–H and O–H groups in total. The van der Waals surface area contributed by atoms with E-state index in [4.69, 9.17) is 19.9 Å². The zero-order valence-electron chi connectivity index (χ0n) is 24.3. The third kappa shape index (κ3) is 10.8. The van der Waals surface area contributed by atoms with E-state index in [1.807, 2.05) is 32.0 Å². The fourth-order valence-corrected chi connectivity index (χ4v) is 4.63. The Morgan fingerprint density at radius 2 is 1.67 bits per heavy atom. The molecule has 0 aliphatic carbocycles. The number of nitrogens with one attached hydrogen (secondary N) is 1. The number of rotatable bonds is 17. The second kappa shape index (κ2) is 16.4. The number of amides is 1. The topological polar surface area (TPSA) is 103 Å². The van der Waals surface area contributed by atoms with Gasteiger partial charge in [-0.3, -0.25) is 4.79 Å². The highest BCUT2D eigenvalue weighted by Crippen LogP contribution is 2.32. The van der Waals surface area contributed by atoms with Crippen LogP contribution in [0.1, 0.15) is 52.5 Å². The molecule has 8 heteroatoms. The zero-order valence-corrected chi connectivity index (χ0v) is 24.3. The molecule has 7 nitrogen and oxygen atoms in total. The van der Waals surface area contributed by atoms with Crippen molar-refractivity contribution in [2.24, 2.45) is 29.4 Å². The number of methoxy groups -OCH3 is 2. The van der Waals surface area contributed by atoms with E-state index in [1.54, 1.807) is 14.2 Å². The fraction of sp³-hybridized carbons (Fsp3) is 0.581. The summed E-state index contributed by atoms with van der Waals surface area (Å²) in [6.07, 6.45) is 1.57. The lowest BCUT2D eigenvalue weighted by atomic mass is 9.81. The van der Waals surface area contributed by atoms with Gasteiger partial charge in [-0.15, -0.1) is 0 Å². The molecule has 2 aromatic carbocycles. The summed E-state index contributed by atoms with van der Waals surface area (Å²) >= 11 is 0. The van der Waals surface area contributed by atoms with Gasteiger partial charge in [0.2, 0.25) is 5.91 Å². The van der Waals surface area contributed by atoms with Crippen LogP contribution in [-0.4, -0.2) is 50.6 Å². The van der Waals surface area contributed by atoms with Gasteiger partial charge in [-0.1, -0.05) is 33.8 Å². The van der Waals surface area contributed by atoms with Crippen molar-refractivity contribution in [1.29, 1.82) is 0 Å². The summed E-state index contributed by atoms with van der Waals surface area (Å²) in [5, 5.41) is 13.9. The van der Waals surface area contributed by atoms with Gasteiger partial charge in [0, 0.05) is 37.8 Å². The molecule has 0 aliphatic rings. The van der Waals surface area contributed by atoms with Gasteiger partial charge in [0.1, 0.15) is 5.82 Å². The van der Waals surface area contributed by atoms with Crippen LogP contribution in [-0.2, 0) is 16.0 Å². The fourth-order valence-electron chi connectivity index (χ4n) is 4.63. The van der Waals surface area contributed by atoms with Crippen molar-refractivity contribution in [2.45, 2.75) is 65.5 Å². The number of hydrogen-bond acceptors (Lipinski definition) is 6. The molecule has 2 aromatic rings. The Morgan fingerprint density at radius 1 is 0.974 bits per heavy atom. The average Bonchev–Trinajstić information content (AvgIpc) is 2.90. The maximum atomic E-state index is 13.2. The first-order valence-corrected chi connectivity index (χ1v) is 13.8. The van der Waals surface area contributed by atoms with Crippen molar-refractivity contribution in [2.75, 3.05) is 32.8 Å². The molecule has 0 aliphatic heterocycles. The monoisotopic (exact) mass is 546 g/mol. The molecule has 1 amide bonds. The number of benzene rings is 2. The van der Waals surface area contributed by atoms with Gasteiger partial charge in [-0.25, -0.2) is 4.39 Å². The van der Waals surface area contributed by atoms with Gasteiger partial charge in [0.05, 0.1) is 19.8 Å². The number of nitrogens with two attached hydrogens (primary N) is 1. The molecule has 0 saturated carbocycles. The highest BCUT2D eigenvalue weighted by atomic mass is 19.1. The summed E-state index contributed by atoms with van der Waals surface area (Å²) < 4.78 is 29.7. The average molecular weight is 547 g/mol. The van der Waals surface area contributed by atoms with Gasteiger partial charge in [-0.05, 0) is 79.0 Å². The van der Waals surface area contributed by atoms with Crippen LogP contribution in [0.15, 0.2) is 42.5 Å². The number of aliphatic hydroxyl groups excluding tert-OH is 1. The minimum absolute atomic E-state index is 0.00481. The normalized spacial score (nSPS) is 14.6. The predicted octanol–water partition coefficient (Wildman–Crippen LogP) is 5.44. The number of aliphatic hydroxyl groups is 1. The lowest BCUT2D eigenvalue weighted by Crippen LogP contribution is -2.41. The maximum Gasteiger partial charge on any atom is 0.227 e. The van der Waals surface area contributed by atoms with Gasteiger partial charge < -0.3 is 30.4 Å². The molecule has 0 aromatic heterocycles. The van der Waals surface area contributed by atoms with Crippen LogP contribution in [0, 0.1) is 29.5 Å². The molecule has 0 fully saturated rings. The zero-order chi connectivity index (χ0) is 28.9. The molecule has 0 saturated heterocycles. The summed E-state index contributed by atoms with van der Waals surface area (Å²) in [6.45, 7) is 9.36.